The van der Waals surface area contributed by atoms with Crippen LogP contribution in [0.2, 0.25) is 0 Å². The molecular formula is C25H37N5O6S. The Kier molecular flexibility index (Phi) is 11.0. The summed E-state index contributed by atoms with van der Waals surface area (Å²) in [5.74, 6) is 0.881. The Morgan fingerprint density at radius 1 is 1.14 bits per heavy atom. The number of hydrogen-bond acceptors (Lipinski definition) is 7. The van der Waals surface area contributed by atoms with Crippen molar-refractivity contribution in [2.75, 3.05) is 12.3 Å². The van der Waals surface area contributed by atoms with Crippen molar-refractivity contribution in [3.05, 3.63) is 39.4 Å². The molecule has 0 aromatic heterocycles. The minimum absolute atomic E-state index is 0.0465. The van der Waals surface area contributed by atoms with Crippen LogP contribution in [0.1, 0.15) is 75.5 Å². The van der Waals surface area contributed by atoms with Crippen molar-refractivity contribution >= 4 is 35.3 Å². The van der Waals surface area contributed by atoms with Crippen LogP contribution in [-0.2, 0) is 16.1 Å². The minimum atomic E-state index is -0.976. The molecule has 0 radical (unpaired) electrons. The molecule has 204 valence electrons. The highest BCUT2D eigenvalue weighted by Crippen LogP contribution is 2.33. The van der Waals surface area contributed by atoms with Crippen molar-refractivity contribution < 1.29 is 24.4 Å². The SMILES string of the molecule is CC(O)c1cc(CNC(=O)CCCCCNC(=O)CCCC[C@@H]2SC[C@@H]3NC(=O)N[C@@H]32)ccc1[N+](=O)[O-]. The molecule has 2 heterocycles. The van der Waals surface area contributed by atoms with Crippen LogP contribution in [-0.4, -0.2) is 57.5 Å². The largest absolute Gasteiger partial charge is 0.388 e. The summed E-state index contributed by atoms with van der Waals surface area (Å²) in [6, 6.07) is 4.82. The normalized spacial score (nSPS) is 21.0. The second-order valence-corrected chi connectivity index (χ2v) is 10.9. The van der Waals surface area contributed by atoms with Gasteiger partial charge in [0.2, 0.25) is 11.8 Å². The summed E-state index contributed by atoms with van der Waals surface area (Å²) in [7, 11) is 0. The van der Waals surface area contributed by atoms with E-state index in [0.29, 0.717) is 36.6 Å². The molecule has 1 aromatic rings. The third kappa shape index (κ3) is 8.89. The van der Waals surface area contributed by atoms with Gasteiger partial charge < -0.3 is 26.4 Å². The summed E-state index contributed by atoms with van der Waals surface area (Å²) in [5.41, 5.74) is 0.767. The molecule has 2 aliphatic rings. The van der Waals surface area contributed by atoms with Gasteiger partial charge in [0, 0.05) is 43.0 Å². The smallest absolute Gasteiger partial charge is 0.315 e. The number of hydrogen-bond donors (Lipinski definition) is 5. The molecular weight excluding hydrogens is 498 g/mol. The Morgan fingerprint density at radius 3 is 2.59 bits per heavy atom. The molecule has 11 nitrogen and oxygen atoms in total. The summed E-state index contributed by atoms with van der Waals surface area (Å²) in [5, 5.41) is 32.9. The lowest BCUT2D eigenvalue weighted by Gasteiger charge is -2.16. The fraction of sp³-hybridized carbons (Fsp3) is 0.640. The van der Waals surface area contributed by atoms with Crippen LogP contribution in [0, 0.1) is 10.1 Å². The number of carbonyl (C=O) groups excluding carboxylic acids is 3. The average molecular weight is 536 g/mol. The van der Waals surface area contributed by atoms with Crippen molar-refractivity contribution in [1.82, 2.24) is 21.3 Å². The second-order valence-electron chi connectivity index (χ2n) is 9.63. The van der Waals surface area contributed by atoms with Crippen LogP contribution in [0.3, 0.4) is 0 Å². The number of thioether (sulfide) groups is 1. The molecule has 12 heteroatoms. The van der Waals surface area contributed by atoms with E-state index in [9.17, 15) is 29.6 Å². The first kappa shape index (κ1) is 28.7. The Bertz CT molecular complexity index is 975. The highest BCUT2D eigenvalue weighted by atomic mass is 32.2. The van der Waals surface area contributed by atoms with Gasteiger partial charge in [0.25, 0.3) is 5.69 Å². The zero-order valence-corrected chi connectivity index (χ0v) is 22.0. The molecule has 37 heavy (non-hydrogen) atoms. The lowest BCUT2D eigenvalue weighted by molar-refractivity contribution is -0.386. The number of nitro benzene ring substituents is 1. The van der Waals surface area contributed by atoms with Gasteiger partial charge in [-0.3, -0.25) is 19.7 Å². The number of fused-ring (bicyclic) bond motifs is 1. The first-order valence-corrected chi connectivity index (χ1v) is 14.0. The van der Waals surface area contributed by atoms with Crippen LogP contribution in [0.15, 0.2) is 18.2 Å². The number of rotatable bonds is 15. The molecule has 3 rings (SSSR count). The fourth-order valence-electron chi connectivity index (χ4n) is 4.68. The van der Waals surface area contributed by atoms with E-state index in [0.717, 1.165) is 37.9 Å². The summed E-state index contributed by atoms with van der Waals surface area (Å²) in [4.78, 5) is 46.1. The molecule has 4 amide bonds. The first-order chi connectivity index (χ1) is 17.7. The molecule has 5 N–H and O–H groups in total. The van der Waals surface area contributed by atoms with Gasteiger partial charge in [0.1, 0.15) is 0 Å². The monoisotopic (exact) mass is 535 g/mol. The standard InChI is InChI=1S/C25H37N5O6S/c1-16(31)18-13-17(10-11-20(18)30(35)36)14-27-23(33)8-3-2-6-12-26-22(32)9-5-4-7-21-24-19(15-37-21)28-25(34)29-24/h10-11,13,16,19,21,24,31H,2-9,12,14-15H2,1H3,(H,26,32)(H,27,33)(H2,28,29,34)/t16?,19-,21-,24-/m0/s1. The number of unbranched alkanes of at least 4 members (excludes halogenated alkanes) is 3. The Morgan fingerprint density at radius 2 is 1.86 bits per heavy atom. The van der Waals surface area contributed by atoms with Crippen LogP contribution in [0.25, 0.3) is 0 Å². The minimum Gasteiger partial charge on any atom is -0.388 e. The summed E-state index contributed by atoms with van der Waals surface area (Å²) in [6.07, 6.45) is 4.98. The molecule has 0 bridgehead atoms. The fourth-order valence-corrected chi connectivity index (χ4v) is 6.23. The highest BCUT2D eigenvalue weighted by Gasteiger charge is 2.42. The molecule has 1 aromatic carbocycles. The average Bonchev–Trinajstić information content (AvgIpc) is 3.41. The maximum atomic E-state index is 12.1. The van der Waals surface area contributed by atoms with E-state index in [-0.39, 0.29) is 47.7 Å². The predicted octanol–water partition coefficient (Wildman–Crippen LogP) is 2.67. The maximum absolute atomic E-state index is 12.1. The van der Waals surface area contributed by atoms with Gasteiger partial charge >= 0.3 is 6.03 Å². The Hall–Kier alpha value is -2.86. The third-order valence-corrected chi connectivity index (χ3v) is 8.22. The highest BCUT2D eigenvalue weighted by molar-refractivity contribution is 8.00. The number of nitrogens with one attached hydrogen (secondary N) is 4. The van der Waals surface area contributed by atoms with Gasteiger partial charge in [0.15, 0.2) is 0 Å². The van der Waals surface area contributed by atoms with Crippen molar-refractivity contribution in [2.45, 2.75) is 88.3 Å². The van der Waals surface area contributed by atoms with Gasteiger partial charge in [-0.15, -0.1) is 0 Å². The molecule has 1 unspecified atom stereocenters. The van der Waals surface area contributed by atoms with E-state index in [2.05, 4.69) is 21.3 Å². The van der Waals surface area contributed by atoms with Crippen LogP contribution in [0.4, 0.5) is 10.5 Å². The number of carbonyl (C=O) groups is 3. The number of nitrogens with zero attached hydrogens (tertiary/aromatic N) is 1. The number of amides is 4. The van der Waals surface area contributed by atoms with Gasteiger partial charge in [-0.25, -0.2) is 4.79 Å². The van der Waals surface area contributed by atoms with Gasteiger partial charge in [-0.05, 0) is 44.2 Å². The first-order valence-electron chi connectivity index (χ1n) is 12.9. The molecule has 2 saturated heterocycles. The van der Waals surface area contributed by atoms with E-state index in [1.807, 2.05) is 11.8 Å². The van der Waals surface area contributed by atoms with Crippen molar-refractivity contribution in [2.24, 2.45) is 0 Å². The molecule has 0 saturated carbocycles. The van der Waals surface area contributed by atoms with E-state index in [1.165, 1.54) is 13.0 Å². The molecule has 0 aliphatic carbocycles. The van der Waals surface area contributed by atoms with E-state index in [4.69, 9.17) is 0 Å². The van der Waals surface area contributed by atoms with Gasteiger partial charge in [-0.2, -0.15) is 11.8 Å². The third-order valence-electron chi connectivity index (χ3n) is 6.71. The van der Waals surface area contributed by atoms with Crippen molar-refractivity contribution in [3.8, 4) is 0 Å². The molecule has 2 aliphatic heterocycles. The number of nitro groups is 1. The quantitative estimate of drug-likeness (QED) is 0.0997. The van der Waals surface area contributed by atoms with Crippen molar-refractivity contribution in [3.63, 3.8) is 0 Å². The topological polar surface area (TPSA) is 163 Å². The van der Waals surface area contributed by atoms with E-state index in [1.54, 1.807) is 12.1 Å². The van der Waals surface area contributed by atoms with Gasteiger partial charge in [-0.1, -0.05) is 18.9 Å². The van der Waals surface area contributed by atoms with Crippen LogP contribution >= 0.6 is 11.8 Å². The summed E-state index contributed by atoms with van der Waals surface area (Å²) >= 11 is 1.89. The number of aliphatic hydroxyl groups excluding tert-OH is 1. The van der Waals surface area contributed by atoms with Crippen LogP contribution in [0.5, 0.6) is 0 Å². The molecule has 0 spiro atoms. The zero-order valence-electron chi connectivity index (χ0n) is 21.2. The van der Waals surface area contributed by atoms with Gasteiger partial charge in [0.05, 0.1) is 28.7 Å². The lowest BCUT2D eigenvalue weighted by Crippen LogP contribution is -2.36. The number of urea groups is 1. The predicted molar refractivity (Wildman–Crippen MR) is 141 cm³/mol. The summed E-state index contributed by atoms with van der Waals surface area (Å²) < 4.78 is 0. The van der Waals surface area contributed by atoms with Crippen molar-refractivity contribution in [1.29, 1.82) is 0 Å². The Labute approximate surface area is 221 Å². The summed E-state index contributed by atoms with van der Waals surface area (Å²) in [6.45, 7) is 2.29. The van der Waals surface area contributed by atoms with E-state index < -0.39 is 11.0 Å². The van der Waals surface area contributed by atoms with Crippen LogP contribution < -0.4 is 21.3 Å². The maximum Gasteiger partial charge on any atom is 0.315 e. The second kappa shape index (κ2) is 14.2. The zero-order chi connectivity index (χ0) is 26.8. The number of aliphatic hydroxyl groups is 1. The van der Waals surface area contributed by atoms with E-state index >= 15 is 0 Å². The molecule has 2 fully saturated rings. The Balaban J connectivity index is 1.19. The molecule has 4 atom stereocenters. The lowest BCUT2D eigenvalue weighted by atomic mass is 10.0. The number of benzene rings is 1.